The number of carbonyl (C=O) groups excluding carboxylic acids is 1. The van der Waals surface area contributed by atoms with Gasteiger partial charge in [-0.15, -0.1) is 0 Å². The highest BCUT2D eigenvalue weighted by Gasteiger charge is 2.32. The number of rotatable bonds is 3. The molecule has 1 saturated carbocycles. The summed E-state index contributed by atoms with van der Waals surface area (Å²) in [5, 5.41) is 0. The monoisotopic (exact) mass is 212 g/mol. The van der Waals surface area contributed by atoms with Crippen LogP contribution >= 0.6 is 0 Å². The molecule has 3 atom stereocenters. The van der Waals surface area contributed by atoms with Gasteiger partial charge in [0, 0.05) is 6.42 Å². The van der Waals surface area contributed by atoms with E-state index in [-0.39, 0.29) is 12.1 Å². The van der Waals surface area contributed by atoms with Crippen molar-refractivity contribution in [2.75, 3.05) is 0 Å². The minimum absolute atomic E-state index is 0.0419. The molecule has 1 aliphatic rings. The van der Waals surface area contributed by atoms with Crippen LogP contribution in [0.15, 0.2) is 0 Å². The van der Waals surface area contributed by atoms with E-state index in [0.717, 1.165) is 6.42 Å². The molecule has 1 aliphatic carbocycles. The normalized spacial score (nSPS) is 31.7. The molecule has 2 nitrogen and oxygen atoms in total. The maximum Gasteiger partial charge on any atom is 0.305 e. The molecule has 0 radical (unpaired) electrons. The molecule has 0 bridgehead atoms. The average Bonchev–Trinajstić information content (AvgIpc) is 2.17. The maximum absolute atomic E-state index is 11.3. The first kappa shape index (κ1) is 12.5. The first-order valence-electron chi connectivity index (χ1n) is 6.24. The number of hydrogen-bond acceptors (Lipinski definition) is 2. The molecular weight excluding hydrogens is 188 g/mol. The van der Waals surface area contributed by atoms with E-state index in [0.29, 0.717) is 24.2 Å². The van der Waals surface area contributed by atoms with Crippen LogP contribution in [0, 0.1) is 17.8 Å². The highest BCUT2D eigenvalue weighted by atomic mass is 16.5. The van der Waals surface area contributed by atoms with Crippen molar-refractivity contribution in [3.63, 3.8) is 0 Å². The van der Waals surface area contributed by atoms with Crippen LogP contribution in [-0.2, 0) is 9.53 Å². The number of ether oxygens (including phenoxy) is 1. The minimum atomic E-state index is -0.0419. The summed E-state index contributed by atoms with van der Waals surface area (Å²) >= 11 is 0. The van der Waals surface area contributed by atoms with Gasteiger partial charge in [-0.1, -0.05) is 34.1 Å². The third kappa shape index (κ3) is 3.51. The van der Waals surface area contributed by atoms with Crippen molar-refractivity contribution >= 4 is 5.97 Å². The first-order chi connectivity index (χ1) is 7.04. The summed E-state index contributed by atoms with van der Waals surface area (Å²) in [6.45, 7) is 8.57. The zero-order chi connectivity index (χ0) is 11.4. The zero-order valence-corrected chi connectivity index (χ0v) is 10.5. The van der Waals surface area contributed by atoms with Crippen LogP contribution in [0.2, 0.25) is 0 Å². The number of hydrogen-bond donors (Lipinski definition) is 0. The Kier molecular flexibility index (Phi) is 4.62. The van der Waals surface area contributed by atoms with Gasteiger partial charge >= 0.3 is 5.97 Å². The SMILES string of the molecule is CCC(=O)OC1CC(C)CC[C@H]1C(C)C. The van der Waals surface area contributed by atoms with E-state index < -0.39 is 0 Å². The Morgan fingerprint density at radius 1 is 1.40 bits per heavy atom. The fraction of sp³-hybridized carbons (Fsp3) is 0.923. The molecule has 1 fully saturated rings. The van der Waals surface area contributed by atoms with Gasteiger partial charge in [-0.25, -0.2) is 0 Å². The van der Waals surface area contributed by atoms with Crippen molar-refractivity contribution in [1.82, 2.24) is 0 Å². The highest BCUT2D eigenvalue weighted by Crippen LogP contribution is 2.35. The standard InChI is InChI=1S/C13H24O2/c1-5-13(14)15-12-8-10(4)6-7-11(12)9(2)3/h9-12H,5-8H2,1-4H3/t10?,11-,12?/m0/s1. The minimum Gasteiger partial charge on any atom is -0.462 e. The second kappa shape index (κ2) is 5.53. The Labute approximate surface area is 93.4 Å². The van der Waals surface area contributed by atoms with E-state index in [1.54, 1.807) is 0 Å². The Hall–Kier alpha value is -0.530. The Bertz CT molecular complexity index is 211. The Morgan fingerprint density at radius 3 is 2.60 bits per heavy atom. The quantitative estimate of drug-likeness (QED) is 0.670. The second-order valence-electron chi connectivity index (χ2n) is 5.21. The van der Waals surface area contributed by atoms with E-state index in [2.05, 4.69) is 20.8 Å². The molecule has 88 valence electrons. The predicted molar refractivity (Wildman–Crippen MR) is 61.5 cm³/mol. The van der Waals surface area contributed by atoms with Gasteiger partial charge in [0.2, 0.25) is 0 Å². The van der Waals surface area contributed by atoms with Gasteiger partial charge < -0.3 is 4.74 Å². The zero-order valence-electron chi connectivity index (χ0n) is 10.5. The molecule has 0 aromatic rings. The molecule has 0 aliphatic heterocycles. The van der Waals surface area contributed by atoms with E-state index in [1.807, 2.05) is 6.92 Å². The van der Waals surface area contributed by atoms with Gasteiger partial charge in [0.15, 0.2) is 0 Å². The molecule has 0 heterocycles. The van der Waals surface area contributed by atoms with Crippen LogP contribution < -0.4 is 0 Å². The van der Waals surface area contributed by atoms with Gasteiger partial charge in [0.25, 0.3) is 0 Å². The van der Waals surface area contributed by atoms with Crippen LogP contribution in [0.5, 0.6) is 0 Å². The van der Waals surface area contributed by atoms with Crippen LogP contribution in [0.25, 0.3) is 0 Å². The van der Waals surface area contributed by atoms with Gasteiger partial charge in [-0.05, 0) is 30.6 Å². The van der Waals surface area contributed by atoms with Crippen molar-refractivity contribution < 1.29 is 9.53 Å². The Balaban J connectivity index is 2.57. The maximum atomic E-state index is 11.3. The van der Waals surface area contributed by atoms with E-state index in [9.17, 15) is 4.79 Å². The molecule has 0 saturated heterocycles. The van der Waals surface area contributed by atoms with E-state index in [4.69, 9.17) is 4.74 Å². The summed E-state index contributed by atoms with van der Waals surface area (Å²) in [5.41, 5.74) is 0. The van der Waals surface area contributed by atoms with E-state index in [1.165, 1.54) is 12.8 Å². The second-order valence-corrected chi connectivity index (χ2v) is 5.21. The van der Waals surface area contributed by atoms with Crippen molar-refractivity contribution in [2.45, 2.75) is 59.5 Å². The summed E-state index contributed by atoms with van der Waals surface area (Å²) in [7, 11) is 0. The lowest BCUT2D eigenvalue weighted by Gasteiger charge is -2.36. The molecular formula is C13H24O2. The largest absolute Gasteiger partial charge is 0.462 e. The third-order valence-corrected chi connectivity index (χ3v) is 3.53. The topological polar surface area (TPSA) is 26.3 Å². The summed E-state index contributed by atoms with van der Waals surface area (Å²) in [5.74, 6) is 1.85. The fourth-order valence-electron chi connectivity index (χ4n) is 2.50. The van der Waals surface area contributed by atoms with Crippen molar-refractivity contribution in [1.29, 1.82) is 0 Å². The molecule has 15 heavy (non-hydrogen) atoms. The van der Waals surface area contributed by atoms with Gasteiger partial charge in [-0.3, -0.25) is 4.79 Å². The van der Waals surface area contributed by atoms with Crippen molar-refractivity contribution in [3.05, 3.63) is 0 Å². The molecule has 1 rings (SSSR count). The van der Waals surface area contributed by atoms with Gasteiger partial charge in [0.1, 0.15) is 6.10 Å². The lowest BCUT2D eigenvalue weighted by atomic mass is 9.75. The molecule has 0 amide bonds. The molecule has 0 aromatic carbocycles. The third-order valence-electron chi connectivity index (χ3n) is 3.53. The summed E-state index contributed by atoms with van der Waals surface area (Å²) in [4.78, 5) is 11.3. The van der Waals surface area contributed by atoms with Gasteiger partial charge in [0.05, 0.1) is 0 Å². The molecule has 0 N–H and O–H groups in total. The molecule has 0 aromatic heterocycles. The summed E-state index contributed by atoms with van der Waals surface area (Å²) in [6.07, 6.45) is 4.20. The fourth-order valence-corrected chi connectivity index (χ4v) is 2.50. The van der Waals surface area contributed by atoms with E-state index >= 15 is 0 Å². The molecule has 2 heteroatoms. The van der Waals surface area contributed by atoms with Crippen LogP contribution in [-0.4, -0.2) is 12.1 Å². The smallest absolute Gasteiger partial charge is 0.305 e. The number of esters is 1. The first-order valence-corrected chi connectivity index (χ1v) is 6.24. The van der Waals surface area contributed by atoms with Crippen LogP contribution in [0.1, 0.15) is 53.4 Å². The van der Waals surface area contributed by atoms with Gasteiger partial charge in [-0.2, -0.15) is 0 Å². The Morgan fingerprint density at radius 2 is 2.07 bits per heavy atom. The summed E-state index contributed by atoms with van der Waals surface area (Å²) in [6, 6.07) is 0. The van der Waals surface area contributed by atoms with Crippen molar-refractivity contribution in [2.24, 2.45) is 17.8 Å². The van der Waals surface area contributed by atoms with Crippen LogP contribution in [0.4, 0.5) is 0 Å². The van der Waals surface area contributed by atoms with Crippen molar-refractivity contribution in [3.8, 4) is 0 Å². The predicted octanol–water partition coefficient (Wildman–Crippen LogP) is 3.40. The number of carbonyl (C=O) groups is 1. The summed E-state index contributed by atoms with van der Waals surface area (Å²) < 4.78 is 5.55. The molecule has 0 spiro atoms. The lowest BCUT2D eigenvalue weighted by Crippen LogP contribution is -2.35. The average molecular weight is 212 g/mol. The van der Waals surface area contributed by atoms with Crippen LogP contribution in [0.3, 0.4) is 0 Å². The lowest BCUT2D eigenvalue weighted by molar-refractivity contribution is -0.155. The highest BCUT2D eigenvalue weighted by molar-refractivity contribution is 5.69. The molecule has 2 unspecified atom stereocenters.